The first-order valence-electron chi connectivity index (χ1n) is 6.43. The van der Waals surface area contributed by atoms with Crippen LogP contribution in [0.15, 0.2) is 24.3 Å². The van der Waals surface area contributed by atoms with E-state index in [-0.39, 0.29) is 11.6 Å². The fourth-order valence-corrected chi connectivity index (χ4v) is 2.14. The SMILES string of the molecule is O=C(CCN1CCNCC1)Cc1ccc(F)cc1. The fraction of sp³-hybridized carbons (Fsp3) is 0.500. The molecule has 98 valence electrons. The number of nitrogens with zero attached hydrogens (tertiary/aromatic N) is 1. The van der Waals surface area contributed by atoms with Gasteiger partial charge in [-0.3, -0.25) is 4.79 Å². The average molecular weight is 250 g/mol. The largest absolute Gasteiger partial charge is 0.314 e. The van der Waals surface area contributed by atoms with Gasteiger partial charge in [0.15, 0.2) is 0 Å². The molecule has 2 rings (SSSR count). The molecular weight excluding hydrogens is 231 g/mol. The molecule has 0 atom stereocenters. The number of carbonyl (C=O) groups is 1. The summed E-state index contributed by atoms with van der Waals surface area (Å²) >= 11 is 0. The van der Waals surface area contributed by atoms with Crippen LogP contribution in [0.3, 0.4) is 0 Å². The quantitative estimate of drug-likeness (QED) is 0.853. The Morgan fingerprint density at radius 3 is 2.56 bits per heavy atom. The van der Waals surface area contributed by atoms with Gasteiger partial charge in [-0.25, -0.2) is 4.39 Å². The van der Waals surface area contributed by atoms with Crippen LogP contribution < -0.4 is 5.32 Å². The van der Waals surface area contributed by atoms with Gasteiger partial charge in [-0.05, 0) is 17.7 Å². The molecule has 1 saturated heterocycles. The predicted molar refractivity (Wildman–Crippen MR) is 69.0 cm³/mol. The van der Waals surface area contributed by atoms with E-state index in [1.165, 1.54) is 12.1 Å². The summed E-state index contributed by atoms with van der Waals surface area (Å²) in [7, 11) is 0. The van der Waals surface area contributed by atoms with Crippen LogP contribution in [0, 0.1) is 5.82 Å². The highest BCUT2D eigenvalue weighted by Crippen LogP contribution is 2.05. The van der Waals surface area contributed by atoms with E-state index in [1.54, 1.807) is 12.1 Å². The second-order valence-corrected chi connectivity index (χ2v) is 4.68. The van der Waals surface area contributed by atoms with Gasteiger partial charge < -0.3 is 10.2 Å². The summed E-state index contributed by atoms with van der Waals surface area (Å²) in [6, 6.07) is 6.16. The van der Waals surface area contributed by atoms with Crippen LogP contribution >= 0.6 is 0 Å². The number of Topliss-reactive ketones (excluding diaryl/α,β-unsaturated/α-hetero) is 1. The van der Waals surface area contributed by atoms with Crippen molar-refractivity contribution in [3.8, 4) is 0 Å². The molecule has 4 heteroatoms. The zero-order chi connectivity index (χ0) is 12.8. The lowest BCUT2D eigenvalue weighted by Crippen LogP contribution is -2.44. The summed E-state index contributed by atoms with van der Waals surface area (Å²) in [5, 5.41) is 3.29. The Morgan fingerprint density at radius 1 is 1.22 bits per heavy atom. The number of hydrogen-bond acceptors (Lipinski definition) is 3. The van der Waals surface area contributed by atoms with E-state index in [9.17, 15) is 9.18 Å². The van der Waals surface area contributed by atoms with E-state index in [2.05, 4.69) is 10.2 Å². The molecule has 1 aliphatic heterocycles. The number of halogens is 1. The van der Waals surface area contributed by atoms with Crippen molar-refractivity contribution in [1.82, 2.24) is 10.2 Å². The number of hydrogen-bond donors (Lipinski definition) is 1. The van der Waals surface area contributed by atoms with E-state index in [4.69, 9.17) is 0 Å². The van der Waals surface area contributed by atoms with Gasteiger partial charge in [0.1, 0.15) is 11.6 Å². The minimum Gasteiger partial charge on any atom is -0.314 e. The van der Waals surface area contributed by atoms with Crippen molar-refractivity contribution in [3.63, 3.8) is 0 Å². The molecule has 0 radical (unpaired) electrons. The van der Waals surface area contributed by atoms with Crippen molar-refractivity contribution < 1.29 is 9.18 Å². The monoisotopic (exact) mass is 250 g/mol. The lowest BCUT2D eigenvalue weighted by molar-refractivity contribution is -0.118. The maximum absolute atomic E-state index is 12.7. The van der Waals surface area contributed by atoms with Gasteiger partial charge in [-0.1, -0.05) is 12.1 Å². The second kappa shape index (κ2) is 6.61. The summed E-state index contributed by atoms with van der Waals surface area (Å²) in [5.74, 6) is -0.0350. The number of piperazine rings is 1. The normalized spacial score (nSPS) is 16.7. The topological polar surface area (TPSA) is 32.3 Å². The van der Waals surface area contributed by atoms with Crippen molar-refractivity contribution in [3.05, 3.63) is 35.6 Å². The molecule has 3 nitrogen and oxygen atoms in total. The standard InChI is InChI=1S/C14H19FN2O/c15-13-3-1-12(2-4-13)11-14(18)5-8-17-9-6-16-7-10-17/h1-4,16H,5-11H2. The minimum atomic E-state index is -0.257. The first kappa shape index (κ1) is 13.2. The molecule has 1 heterocycles. The van der Waals surface area contributed by atoms with E-state index < -0.39 is 0 Å². The van der Waals surface area contributed by atoms with Gasteiger partial charge in [0.2, 0.25) is 0 Å². The van der Waals surface area contributed by atoms with Crippen LogP contribution in [0.5, 0.6) is 0 Å². The van der Waals surface area contributed by atoms with E-state index in [1.807, 2.05) is 0 Å². The van der Waals surface area contributed by atoms with Crippen LogP contribution in [-0.4, -0.2) is 43.4 Å². The van der Waals surface area contributed by atoms with Crippen LogP contribution in [0.1, 0.15) is 12.0 Å². The molecule has 0 unspecified atom stereocenters. The zero-order valence-electron chi connectivity index (χ0n) is 10.5. The van der Waals surface area contributed by atoms with Crippen molar-refractivity contribution >= 4 is 5.78 Å². The number of rotatable bonds is 5. The molecule has 18 heavy (non-hydrogen) atoms. The highest BCUT2D eigenvalue weighted by atomic mass is 19.1. The van der Waals surface area contributed by atoms with Crippen molar-refractivity contribution in [2.75, 3.05) is 32.7 Å². The Labute approximate surface area is 107 Å². The van der Waals surface area contributed by atoms with Crippen molar-refractivity contribution in [2.24, 2.45) is 0 Å². The number of nitrogens with one attached hydrogen (secondary N) is 1. The Morgan fingerprint density at radius 2 is 1.89 bits per heavy atom. The third kappa shape index (κ3) is 4.20. The molecule has 0 bridgehead atoms. The minimum absolute atomic E-state index is 0.222. The molecule has 1 aromatic rings. The Hall–Kier alpha value is -1.26. The molecule has 0 aliphatic carbocycles. The van der Waals surface area contributed by atoms with Crippen LogP contribution in [-0.2, 0) is 11.2 Å². The third-order valence-electron chi connectivity index (χ3n) is 3.23. The molecule has 1 aliphatic rings. The van der Waals surface area contributed by atoms with Crippen molar-refractivity contribution in [1.29, 1.82) is 0 Å². The predicted octanol–water partition coefficient (Wildman–Crippen LogP) is 1.23. The van der Waals surface area contributed by atoms with Gasteiger partial charge in [-0.15, -0.1) is 0 Å². The van der Waals surface area contributed by atoms with Crippen LogP contribution in [0.2, 0.25) is 0 Å². The molecule has 0 aromatic heterocycles. The maximum Gasteiger partial charge on any atom is 0.138 e. The fourth-order valence-electron chi connectivity index (χ4n) is 2.14. The Kier molecular flexibility index (Phi) is 4.84. The molecule has 1 aromatic carbocycles. The number of benzene rings is 1. The highest BCUT2D eigenvalue weighted by molar-refractivity contribution is 5.81. The molecule has 1 N–H and O–H groups in total. The first-order chi connectivity index (χ1) is 8.74. The van der Waals surface area contributed by atoms with Gasteiger partial charge in [0.05, 0.1) is 0 Å². The summed E-state index contributed by atoms with van der Waals surface area (Å²) in [4.78, 5) is 14.1. The van der Waals surface area contributed by atoms with Crippen LogP contribution in [0.25, 0.3) is 0 Å². The first-order valence-corrected chi connectivity index (χ1v) is 6.43. The molecule has 1 fully saturated rings. The highest BCUT2D eigenvalue weighted by Gasteiger charge is 2.11. The lowest BCUT2D eigenvalue weighted by atomic mass is 10.1. The van der Waals surface area contributed by atoms with Crippen LogP contribution in [0.4, 0.5) is 4.39 Å². The zero-order valence-corrected chi connectivity index (χ0v) is 10.5. The lowest BCUT2D eigenvalue weighted by Gasteiger charge is -2.26. The molecule has 0 amide bonds. The van der Waals surface area contributed by atoms with E-state index in [0.29, 0.717) is 12.8 Å². The van der Waals surface area contributed by atoms with Crippen molar-refractivity contribution in [2.45, 2.75) is 12.8 Å². The smallest absolute Gasteiger partial charge is 0.138 e. The summed E-state index contributed by atoms with van der Waals surface area (Å²) in [6.45, 7) is 4.88. The molecule has 0 saturated carbocycles. The van der Waals surface area contributed by atoms with Gasteiger partial charge in [0.25, 0.3) is 0 Å². The Balaban J connectivity index is 1.73. The Bertz CT molecular complexity index is 385. The summed E-state index contributed by atoms with van der Waals surface area (Å²) < 4.78 is 12.7. The maximum atomic E-state index is 12.7. The summed E-state index contributed by atoms with van der Waals surface area (Å²) in [5.41, 5.74) is 0.890. The number of carbonyl (C=O) groups excluding carboxylic acids is 1. The van der Waals surface area contributed by atoms with Gasteiger partial charge >= 0.3 is 0 Å². The molecule has 0 spiro atoms. The number of ketones is 1. The third-order valence-corrected chi connectivity index (χ3v) is 3.23. The van der Waals surface area contributed by atoms with E-state index >= 15 is 0 Å². The van der Waals surface area contributed by atoms with E-state index in [0.717, 1.165) is 38.3 Å². The molecular formula is C14H19FN2O. The van der Waals surface area contributed by atoms with Gasteiger partial charge in [-0.2, -0.15) is 0 Å². The summed E-state index contributed by atoms with van der Waals surface area (Å²) in [6.07, 6.45) is 0.990. The second-order valence-electron chi connectivity index (χ2n) is 4.68. The van der Waals surface area contributed by atoms with Gasteiger partial charge in [0, 0.05) is 45.6 Å². The average Bonchev–Trinajstić information content (AvgIpc) is 2.40.